The van der Waals surface area contributed by atoms with Crippen molar-refractivity contribution in [2.75, 3.05) is 24.6 Å². The highest BCUT2D eigenvalue weighted by atomic mass is 32.2. The molecular weight excluding hydrogens is 244 g/mol. The third-order valence-electron chi connectivity index (χ3n) is 3.11. The van der Waals surface area contributed by atoms with Gasteiger partial charge in [-0.3, -0.25) is 4.79 Å². The number of amides is 1. The first-order valence-corrected chi connectivity index (χ1v) is 7.99. The lowest BCUT2D eigenvalue weighted by molar-refractivity contribution is -0.121. The summed E-state index contributed by atoms with van der Waals surface area (Å²) in [6, 6.07) is 0.401. The minimum atomic E-state index is 0.129. The molecule has 102 valence electrons. The van der Waals surface area contributed by atoms with Gasteiger partial charge < -0.3 is 10.6 Å². The van der Waals surface area contributed by atoms with Gasteiger partial charge in [0.15, 0.2) is 0 Å². The summed E-state index contributed by atoms with van der Waals surface area (Å²) in [6.45, 7) is 1.26. The molecule has 18 heavy (non-hydrogen) atoms. The van der Waals surface area contributed by atoms with Crippen molar-refractivity contribution >= 4 is 17.7 Å². The molecule has 0 aromatic carbocycles. The fourth-order valence-corrected chi connectivity index (χ4v) is 2.73. The lowest BCUT2D eigenvalue weighted by atomic mass is 10.1. The Morgan fingerprint density at radius 1 is 1.28 bits per heavy atom. The molecule has 0 unspecified atom stereocenters. The van der Waals surface area contributed by atoms with Crippen LogP contribution in [0.2, 0.25) is 0 Å². The highest BCUT2D eigenvalue weighted by Gasteiger charge is 2.13. The van der Waals surface area contributed by atoms with Crippen molar-refractivity contribution in [1.82, 2.24) is 10.6 Å². The maximum Gasteiger partial charge on any atom is 0.234 e. The van der Waals surface area contributed by atoms with Gasteiger partial charge in [0, 0.05) is 18.3 Å². The van der Waals surface area contributed by atoms with E-state index >= 15 is 0 Å². The van der Waals surface area contributed by atoms with Gasteiger partial charge in [0.25, 0.3) is 0 Å². The first-order valence-electron chi connectivity index (χ1n) is 6.84. The molecule has 0 heterocycles. The zero-order valence-electron chi connectivity index (χ0n) is 11.0. The van der Waals surface area contributed by atoms with E-state index in [9.17, 15) is 4.79 Å². The molecule has 1 amide bonds. The van der Waals surface area contributed by atoms with Crippen molar-refractivity contribution < 1.29 is 4.79 Å². The fraction of sp³-hybridized carbons (Fsp3) is 0.786. The summed E-state index contributed by atoms with van der Waals surface area (Å²) in [6.07, 6.45) is 12.6. The van der Waals surface area contributed by atoms with Crippen LogP contribution < -0.4 is 10.6 Å². The largest absolute Gasteiger partial charge is 0.352 e. The van der Waals surface area contributed by atoms with Gasteiger partial charge in [-0.25, -0.2) is 0 Å². The molecule has 0 saturated heterocycles. The molecule has 2 N–H and O–H groups in total. The average molecular weight is 268 g/mol. The van der Waals surface area contributed by atoms with Crippen LogP contribution in [0.3, 0.4) is 0 Å². The Hall–Kier alpha value is -0.660. The Morgan fingerprint density at radius 2 is 2.00 bits per heavy atom. The second kappa shape index (κ2) is 10.3. The zero-order chi connectivity index (χ0) is 13.1. The Morgan fingerprint density at radius 3 is 2.67 bits per heavy atom. The zero-order valence-corrected chi connectivity index (χ0v) is 11.9. The van der Waals surface area contributed by atoms with Crippen molar-refractivity contribution in [3.63, 3.8) is 0 Å². The molecule has 0 aromatic rings. The van der Waals surface area contributed by atoms with Gasteiger partial charge in [0.2, 0.25) is 5.91 Å². The number of nitrogens with one attached hydrogen (secondary N) is 2. The van der Waals surface area contributed by atoms with E-state index in [-0.39, 0.29) is 5.91 Å². The predicted molar refractivity (Wildman–Crippen MR) is 78.7 cm³/mol. The van der Waals surface area contributed by atoms with E-state index in [1.807, 2.05) is 0 Å². The second-order valence-corrected chi connectivity index (χ2v) is 5.79. The number of terminal acetylenes is 1. The molecule has 1 aliphatic rings. The second-order valence-electron chi connectivity index (χ2n) is 4.69. The quantitative estimate of drug-likeness (QED) is 0.420. The summed E-state index contributed by atoms with van der Waals surface area (Å²) >= 11 is 1.71. The number of thioether (sulfide) groups is 1. The predicted octanol–water partition coefficient (Wildman–Crippen LogP) is 1.78. The molecule has 0 aromatic heterocycles. The normalized spacial score (nSPS) is 16.8. The average Bonchev–Trinajstić information content (AvgIpc) is 2.62. The molecule has 0 spiro atoms. The third kappa shape index (κ3) is 7.62. The summed E-state index contributed by atoms with van der Waals surface area (Å²) < 4.78 is 0. The number of hydrogen-bond donors (Lipinski definition) is 2. The van der Waals surface area contributed by atoms with Crippen LogP contribution in [0.25, 0.3) is 0 Å². The van der Waals surface area contributed by atoms with E-state index in [1.165, 1.54) is 25.7 Å². The van der Waals surface area contributed by atoms with E-state index in [0.29, 0.717) is 12.6 Å². The van der Waals surface area contributed by atoms with Gasteiger partial charge in [0.05, 0.1) is 12.3 Å². The van der Waals surface area contributed by atoms with Crippen LogP contribution in [0.1, 0.15) is 38.5 Å². The van der Waals surface area contributed by atoms with E-state index in [4.69, 9.17) is 6.42 Å². The van der Waals surface area contributed by atoms with Gasteiger partial charge in [-0.15, -0.1) is 18.2 Å². The Balaban J connectivity index is 2.00. The summed E-state index contributed by atoms with van der Waals surface area (Å²) in [5.41, 5.74) is 0. The van der Waals surface area contributed by atoms with Gasteiger partial charge in [0.1, 0.15) is 0 Å². The summed E-state index contributed by atoms with van der Waals surface area (Å²) in [4.78, 5) is 11.7. The van der Waals surface area contributed by atoms with E-state index in [1.54, 1.807) is 11.8 Å². The lowest BCUT2D eigenvalue weighted by Crippen LogP contribution is -2.40. The van der Waals surface area contributed by atoms with Crippen LogP contribution in [0, 0.1) is 12.3 Å². The molecule has 1 rings (SSSR count). The monoisotopic (exact) mass is 268 g/mol. The van der Waals surface area contributed by atoms with Gasteiger partial charge >= 0.3 is 0 Å². The van der Waals surface area contributed by atoms with Crippen molar-refractivity contribution in [2.24, 2.45) is 0 Å². The van der Waals surface area contributed by atoms with Crippen LogP contribution >= 0.6 is 11.8 Å². The molecule has 0 radical (unpaired) electrons. The summed E-state index contributed by atoms with van der Waals surface area (Å²) in [5.74, 6) is 4.42. The smallest absolute Gasteiger partial charge is 0.234 e. The molecular formula is C14H24N2OS. The number of carbonyl (C=O) groups is 1. The maximum atomic E-state index is 11.7. The highest BCUT2D eigenvalue weighted by Crippen LogP contribution is 2.16. The fourth-order valence-electron chi connectivity index (χ4n) is 2.18. The lowest BCUT2D eigenvalue weighted by Gasteiger charge is -2.16. The van der Waals surface area contributed by atoms with Crippen LogP contribution in [0.5, 0.6) is 0 Å². The van der Waals surface area contributed by atoms with E-state index in [2.05, 4.69) is 16.6 Å². The first kappa shape index (κ1) is 15.4. The molecule has 0 atom stereocenters. The van der Waals surface area contributed by atoms with Gasteiger partial charge in [-0.1, -0.05) is 31.6 Å². The Bertz CT molecular complexity index is 267. The van der Waals surface area contributed by atoms with E-state index < -0.39 is 0 Å². The van der Waals surface area contributed by atoms with Crippen LogP contribution in [-0.2, 0) is 4.79 Å². The SMILES string of the molecule is C#CCSCCNCC(=O)NC1CCCCCC1. The molecule has 1 saturated carbocycles. The van der Waals surface area contributed by atoms with Crippen molar-refractivity contribution in [3.05, 3.63) is 0 Å². The molecule has 0 bridgehead atoms. The standard InChI is InChI=1S/C14H24N2OS/c1-2-10-18-11-9-15-12-14(17)16-13-7-5-3-4-6-8-13/h1,13,15H,3-12H2,(H,16,17). The van der Waals surface area contributed by atoms with Crippen LogP contribution in [-0.4, -0.2) is 36.5 Å². The Labute approximate surface area is 115 Å². The number of carbonyl (C=O) groups excluding carboxylic acids is 1. The summed E-state index contributed by atoms with van der Waals surface area (Å²) in [5, 5.41) is 6.27. The van der Waals surface area contributed by atoms with Gasteiger partial charge in [-0.05, 0) is 12.8 Å². The minimum absolute atomic E-state index is 0.129. The summed E-state index contributed by atoms with van der Waals surface area (Å²) in [7, 11) is 0. The number of rotatable bonds is 7. The molecule has 0 aliphatic heterocycles. The van der Waals surface area contributed by atoms with E-state index in [0.717, 1.165) is 30.9 Å². The third-order valence-corrected chi connectivity index (χ3v) is 3.98. The van der Waals surface area contributed by atoms with Crippen LogP contribution in [0.15, 0.2) is 0 Å². The molecule has 1 aliphatic carbocycles. The molecule has 3 nitrogen and oxygen atoms in total. The molecule has 1 fully saturated rings. The van der Waals surface area contributed by atoms with Crippen LogP contribution in [0.4, 0.5) is 0 Å². The van der Waals surface area contributed by atoms with Crippen molar-refractivity contribution in [2.45, 2.75) is 44.6 Å². The topological polar surface area (TPSA) is 41.1 Å². The highest BCUT2D eigenvalue weighted by molar-refractivity contribution is 7.99. The van der Waals surface area contributed by atoms with Crippen molar-refractivity contribution in [3.8, 4) is 12.3 Å². The Kier molecular flexibility index (Phi) is 8.79. The van der Waals surface area contributed by atoms with Gasteiger partial charge in [-0.2, -0.15) is 0 Å². The number of hydrogen-bond acceptors (Lipinski definition) is 3. The maximum absolute atomic E-state index is 11.7. The molecule has 4 heteroatoms. The first-order chi connectivity index (χ1) is 8.83. The van der Waals surface area contributed by atoms with Crippen molar-refractivity contribution in [1.29, 1.82) is 0 Å². The minimum Gasteiger partial charge on any atom is -0.352 e.